The van der Waals surface area contributed by atoms with Crippen LogP contribution < -0.4 is 4.65 Å². The van der Waals surface area contributed by atoms with E-state index < -0.39 is 0 Å². The van der Waals surface area contributed by atoms with Crippen molar-refractivity contribution in [2.24, 2.45) is 0 Å². The molecule has 1 radical (unpaired) electrons. The molecule has 16 heavy (non-hydrogen) atoms. The van der Waals surface area contributed by atoms with Crippen LogP contribution in [-0.4, -0.2) is 12.7 Å². The maximum atomic E-state index is 8.58. The highest BCUT2D eigenvalue weighted by molar-refractivity contribution is 6.31. The van der Waals surface area contributed by atoms with E-state index in [1.165, 1.54) is 0 Å². The summed E-state index contributed by atoms with van der Waals surface area (Å²) in [6, 6.07) is 15.1. The molecule has 0 saturated heterocycles. The topological polar surface area (TPSA) is 29.5 Å². The number of rotatable bonds is 3. The summed E-state index contributed by atoms with van der Waals surface area (Å²) in [6.07, 6.45) is 0. The molecule has 0 spiro atoms. The number of benzene rings is 2. The number of hydrogen-bond acceptors (Lipinski definition) is 2. The summed E-state index contributed by atoms with van der Waals surface area (Å²) >= 11 is 5.96. The summed E-state index contributed by atoms with van der Waals surface area (Å²) in [5.41, 5.74) is 2.00. The van der Waals surface area contributed by atoms with Gasteiger partial charge in [0.15, 0.2) is 0 Å². The maximum Gasteiger partial charge on any atom is 0.569 e. The first-order chi connectivity index (χ1) is 7.79. The molecule has 0 amide bonds. The Morgan fingerprint density at radius 2 is 1.75 bits per heavy atom. The second-order valence-corrected chi connectivity index (χ2v) is 3.70. The molecule has 2 aromatic rings. The third-order valence-corrected chi connectivity index (χ3v) is 2.39. The summed E-state index contributed by atoms with van der Waals surface area (Å²) in [4.78, 5) is 0. The smallest absolute Gasteiger partial charge is 0.537 e. The van der Waals surface area contributed by atoms with E-state index in [1.54, 1.807) is 6.07 Å². The molecule has 0 aliphatic heterocycles. The Balaban J connectivity index is 2.41. The van der Waals surface area contributed by atoms with Crippen LogP contribution in [0.3, 0.4) is 0 Å². The summed E-state index contributed by atoms with van der Waals surface area (Å²) in [5.74, 6) is 0.508. The maximum absolute atomic E-state index is 8.58. The van der Waals surface area contributed by atoms with Gasteiger partial charge in [0.25, 0.3) is 0 Å². The Morgan fingerprint density at radius 3 is 2.44 bits per heavy atom. The van der Waals surface area contributed by atoms with Crippen molar-refractivity contribution < 1.29 is 9.68 Å². The zero-order chi connectivity index (χ0) is 11.4. The highest BCUT2D eigenvalue weighted by atomic mass is 35.5. The number of halogens is 1. The highest BCUT2D eigenvalue weighted by Gasteiger charge is 2.03. The highest BCUT2D eigenvalue weighted by Crippen LogP contribution is 2.28. The molecular formula is C12H9BClO2. The van der Waals surface area contributed by atoms with Gasteiger partial charge in [0, 0.05) is 5.02 Å². The van der Waals surface area contributed by atoms with Crippen LogP contribution in [0.5, 0.6) is 5.75 Å². The predicted molar refractivity (Wildman–Crippen MR) is 65.5 cm³/mol. The first-order valence-corrected chi connectivity index (χ1v) is 5.16. The van der Waals surface area contributed by atoms with Gasteiger partial charge in [0.2, 0.25) is 0 Å². The molecule has 2 aromatic carbocycles. The van der Waals surface area contributed by atoms with Gasteiger partial charge >= 0.3 is 7.69 Å². The van der Waals surface area contributed by atoms with E-state index in [2.05, 4.69) is 0 Å². The van der Waals surface area contributed by atoms with Gasteiger partial charge in [-0.05, 0) is 29.3 Å². The van der Waals surface area contributed by atoms with Crippen molar-refractivity contribution in [1.82, 2.24) is 0 Å². The lowest BCUT2D eigenvalue weighted by Crippen LogP contribution is -1.99. The van der Waals surface area contributed by atoms with Crippen molar-refractivity contribution in [2.75, 3.05) is 0 Å². The van der Waals surface area contributed by atoms with Crippen LogP contribution >= 0.6 is 11.6 Å². The van der Waals surface area contributed by atoms with E-state index in [9.17, 15) is 0 Å². The van der Waals surface area contributed by atoms with Gasteiger partial charge in [0.05, 0.1) is 0 Å². The molecule has 0 bridgehead atoms. The van der Waals surface area contributed by atoms with Crippen LogP contribution in [0.4, 0.5) is 0 Å². The lowest BCUT2D eigenvalue weighted by atomic mass is 10.1. The minimum atomic E-state index is 0.508. The first kappa shape index (κ1) is 11.1. The third kappa shape index (κ3) is 2.57. The second-order valence-electron chi connectivity index (χ2n) is 3.26. The van der Waals surface area contributed by atoms with Crippen molar-refractivity contribution in [2.45, 2.75) is 0 Å². The SMILES string of the molecule is O[B]Oc1cc(Cl)cc(-c2ccccc2)c1. The summed E-state index contributed by atoms with van der Waals surface area (Å²) in [7, 11) is 0.639. The van der Waals surface area contributed by atoms with E-state index >= 15 is 0 Å². The Labute approximate surface area is 99.8 Å². The average Bonchev–Trinajstić information content (AvgIpc) is 2.30. The largest absolute Gasteiger partial charge is 0.569 e. The van der Waals surface area contributed by atoms with Gasteiger partial charge in [-0.2, -0.15) is 0 Å². The van der Waals surface area contributed by atoms with Gasteiger partial charge in [-0.25, -0.2) is 0 Å². The van der Waals surface area contributed by atoms with Crippen molar-refractivity contribution in [3.8, 4) is 16.9 Å². The van der Waals surface area contributed by atoms with E-state index in [4.69, 9.17) is 21.3 Å². The zero-order valence-corrected chi connectivity index (χ0v) is 9.19. The van der Waals surface area contributed by atoms with E-state index in [1.807, 2.05) is 42.5 Å². The predicted octanol–water partition coefficient (Wildman–Crippen LogP) is 2.91. The van der Waals surface area contributed by atoms with Crippen molar-refractivity contribution >= 4 is 19.3 Å². The van der Waals surface area contributed by atoms with E-state index in [-0.39, 0.29) is 0 Å². The average molecular weight is 231 g/mol. The van der Waals surface area contributed by atoms with Crippen LogP contribution in [0, 0.1) is 0 Å². The summed E-state index contributed by atoms with van der Waals surface area (Å²) in [6.45, 7) is 0. The van der Waals surface area contributed by atoms with Crippen LogP contribution in [-0.2, 0) is 0 Å². The minimum Gasteiger partial charge on any atom is -0.537 e. The molecule has 0 atom stereocenters. The van der Waals surface area contributed by atoms with Crippen LogP contribution in [0.2, 0.25) is 5.02 Å². The van der Waals surface area contributed by atoms with Crippen LogP contribution in [0.1, 0.15) is 0 Å². The lowest BCUT2D eigenvalue weighted by molar-refractivity contribution is 0.454. The second kappa shape index (κ2) is 5.06. The van der Waals surface area contributed by atoms with Crippen LogP contribution in [0.15, 0.2) is 48.5 Å². The standard InChI is InChI=1S/C12H9BClO2/c14-11-6-10(7-12(8-11)16-13-15)9-4-2-1-3-5-9/h1-8,15H. The van der Waals surface area contributed by atoms with Gasteiger partial charge < -0.3 is 9.68 Å². The quantitative estimate of drug-likeness (QED) is 0.823. The van der Waals surface area contributed by atoms with E-state index in [0.717, 1.165) is 11.1 Å². The fraction of sp³-hybridized carbons (Fsp3) is 0. The number of hydrogen-bond donors (Lipinski definition) is 1. The van der Waals surface area contributed by atoms with Gasteiger partial charge in [-0.15, -0.1) is 0 Å². The fourth-order valence-electron chi connectivity index (χ4n) is 1.49. The van der Waals surface area contributed by atoms with Gasteiger partial charge in [-0.1, -0.05) is 41.9 Å². The van der Waals surface area contributed by atoms with Crippen LogP contribution in [0.25, 0.3) is 11.1 Å². The van der Waals surface area contributed by atoms with Crippen molar-refractivity contribution in [1.29, 1.82) is 0 Å². The van der Waals surface area contributed by atoms with Crippen molar-refractivity contribution in [3.05, 3.63) is 53.6 Å². The summed E-state index contributed by atoms with van der Waals surface area (Å²) in [5, 5.41) is 9.15. The molecule has 79 valence electrons. The normalized spacial score (nSPS) is 9.88. The summed E-state index contributed by atoms with van der Waals surface area (Å²) < 4.78 is 4.89. The third-order valence-electron chi connectivity index (χ3n) is 2.17. The monoisotopic (exact) mass is 231 g/mol. The Kier molecular flexibility index (Phi) is 3.49. The Bertz CT molecular complexity index is 474. The van der Waals surface area contributed by atoms with Crippen molar-refractivity contribution in [3.63, 3.8) is 0 Å². The zero-order valence-electron chi connectivity index (χ0n) is 8.43. The molecule has 2 nitrogen and oxygen atoms in total. The molecule has 0 heterocycles. The van der Waals surface area contributed by atoms with Gasteiger partial charge in [-0.3, -0.25) is 0 Å². The molecule has 2 rings (SSSR count). The molecular weight excluding hydrogens is 222 g/mol. The Morgan fingerprint density at radius 1 is 1.00 bits per heavy atom. The molecule has 0 aliphatic carbocycles. The molecule has 0 unspecified atom stereocenters. The molecule has 0 aromatic heterocycles. The molecule has 0 aliphatic rings. The minimum absolute atomic E-state index is 0.508. The first-order valence-electron chi connectivity index (χ1n) is 4.78. The van der Waals surface area contributed by atoms with E-state index in [0.29, 0.717) is 18.5 Å². The molecule has 1 N–H and O–H groups in total. The lowest BCUT2D eigenvalue weighted by Gasteiger charge is -2.06. The van der Waals surface area contributed by atoms with Gasteiger partial charge in [0.1, 0.15) is 5.75 Å². The molecule has 0 saturated carbocycles. The fourth-order valence-corrected chi connectivity index (χ4v) is 1.71. The molecule has 4 heteroatoms. The molecule has 0 fully saturated rings. The Hall–Kier alpha value is -1.45.